The first kappa shape index (κ1) is 12.7. The van der Waals surface area contributed by atoms with E-state index in [9.17, 15) is 4.79 Å². The molecule has 0 bridgehead atoms. The Hall–Kier alpha value is -2.29. The molecule has 1 amide bonds. The Balaban J connectivity index is 1.92. The van der Waals surface area contributed by atoms with Crippen molar-refractivity contribution in [2.45, 2.75) is 25.0 Å². The van der Waals surface area contributed by atoms with E-state index in [0.717, 1.165) is 11.1 Å². The zero-order valence-corrected chi connectivity index (χ0v) is 11.4. The minimum Gasteiger partial charge on any atom is -0.438 e. The molecule has 0 aromatic heterocycles. The standard InChI is InChI=1S/C17H17NO2/c1-17(14-10-6-3-7-11-14)12-15(18-16(19)20-17)13-8-4-2-5-9-13/h2-11,15H,12H2,1H3,(H,18,19)/t15-,17+/m1/s1. The SMILES string of the molecule is C[C@@]1(c2ccccc2)C[C@H](c2ccccc2)NC(=O)O1. The van der Waals surface area contributed by atoms with Crippen molar-refractivity contribution < 1.29 is 9.53 Å². The van der Waals surface area contributed by atoms with E-state index < -0.39 is 5.60 Å². The Morgan fingerprint density at radius 1 is 1.05 bits per heavy atom. The Morgan fingerprint density at radius 3 is 2.30 bits per heavy atom. The highest BCUT2D eigenvalue weighted by Crippen LogP contribution is 2.38. The van der Waals surface area contributed by atoms with E-state index in [1.54, 1.807) is 0 Å². The molecule has 1 saturated heterocycles. The lowest BCUT2D eigenvalue weighted by atomic mass is 9.85. The van der Waals surface area contributed by atoms with Gasteiger partial charge < -0.3 is 10.1 Å². The molecule has 102 valence electrons. The van der Waals surface area contributed by atoms with Crippen LogP contribution in [0.2, 0.25) is 0 Å². The molecular weight excluding hydrogens is 250 g/mol. The van der Waals surface area contributed by atoms with Gasteiger partial charge in [0, 0.05) is 6.42 Å². The quantitative estimate of drug-likeness (QED) is 0.899. The average molecular weight is 267 g/mol. The number of alkyl carbamates (subject to hydrolysis) is 1. The summed E-state index contributed by atoms with van der Waals surface area (Å²) in [5.74, 6) is 0. The van der Waals surface area contributed by atoms with Crippen molar-refractivity contribution in [3.63, 3.8) is 0 Å². The summed E-state index contributed by atoms with van der Waals surface area (Å²) in [5, 5.41) is 2.90. The van der Waals surface area contributed by atoms with Gasteiger partial charge in [0.25, 0.3) is 0 Å². The number of cyclic esters (lactones) is 1. The van der Waals surface area contributed by atoms with E-state index in [1.165, 1.54) is 0 Å². The van der Waals surface area contributed by atoms with Gasteiger partial charge in [-0.1, -0.05) is 60.7 Å². The maximum atomic E-state index is 11.9. The molecule has 0 radical (unpaired) electrons. The zero-order valence-electron chi connectivity index (χ0n) is 11.4. The molecule has 0 spiro atoms. The minimum absolute atomic E-state index is 0.0253. The summed E-state index contributed by atoms with van der Waals surface area (Å²) in [6.45, 7) is 1.97. The van der Waals surface area contributed by atoms with Crippen LogP contribution in [0.3, 0.4) is 0 Å². The van der Waals surface area contributed by atoms with Crippen molar-refractivity contribution in [3.05, 3.63) is 71.8 Å². The van der Waals surface area contributed by atoms with Crippen molar-refractivity contribution in [3.8, 4) is 0 Å². The van der Waals surface area contributed by atoms with Gasteiger partial charge >= 0.3 is 6.09 Å². The van der Waals surface area contributed by atoms with Gasteiger partial charge in [-0.15, -0.1) is 0 Å². The lowest BCUT2D eigenvalue weighted by Crippen LogP contribution is -2.45. The van der Waals surface area contributed by atoms with Crippen molar-refractivity contribution >= 4 is 6.09 Å². The fourth-order valence-corrected chi connectivity index (χ4v) is 2.71. The van der Waals surface area contributed by atoms with Crippen molar-refractivity contribution in [2.75, 3.05) is 0 Å². The molecule has 1 heterocycles. The van der Waals surface area contributed by atoms with E-state index >= 15 is 0 Å². The molecule has 2 aromatic rings. The second-order valence-corrected chi connectivity index (χ2v) is 5.30. The number of benzene rings is 2. The van der Waals surface area contributed by atoms with Crippen LogP contribution in [0, 0.1) is 0 Å². The van der Waals surface area contributed by atoms with Gasteiger partial charge in [0.15, 0.2) is 0 Å². The van der Waals surface area contributed by atoms with Crippen LogP contribution >= 0.6 is 0 Å². The first-order chi connectivity index (χ1) is 9.67. The van der Waals surface area contributed by atoms with Gasteiger partial charge in [0.05, 0.1) is 6.04 Å². The van der Waals surface area contributed by atoms with Gasteiger partial charge in [0.1, 0.15) is 5.60 Å². The monoisotopic (exact) mass is 267 g/mol. The minimum atomic E-state index is -0.593. The van der Waals surface area contributed by atoms with Crippen molar-refractivity contribution in [1.29, 1.82) is 0 Å². The third-order valence-electron chi connectivity index (χ3n) is 3.79. The second kappa shape index (κ2) is 5.00. The Morgan fingerprint density at radius 2 is 1.65 bits per heavy atom. The number of nitrogens with one attached hydrogen (secondary N) is 1. The second-order valence-electron chi connectivity index (χ2n) is 5.30. The summed E-state index contributed by atoms with van der Waals surface area (Å²) in [6, 6.07) is 19.9. The van der Waals surface area contributed by atoms with Gasteiger partial charge in [-0.3, -0.25) is 0 Å². The third kappa shape index (κ3) is 2.39. The average Bonchev–Trinajstić information content (AvgIpc) is 2.48. The molecule has 3 heteroatoms. The summed E-state index contributed by atoms with van der Waals surface area (Å²) < 4.78 is 5.56. The summed E-state index contributed by atoms with van der Waals surface area (Å²) in [6.07, 6.45) is 0.351. The maximum Gasteiger partial charge on any atom is 0.408 e. The number of carbonyl (C=O) groups is 1. The lowest BCUT2D eigenvalue weighted by molar-refractivity contribution is -0.0176. The normalized spacial score (nSPS) is 25.6. The van der Waals surface area contributed by atoms with Crippen LogP contribution in [-0.2, 0) is 10.3 Å². The van der Waals surface area contributed by atoms with Crippen molar-refractivity contribution in [2.24, 2.45) is 0 Å². The largest absolute Gasteiger partial charge is 0.438 e. The molecule has 2 aromatic carbocycles. The highest BCUT2D eigenvalue weighted by Gasteiger charge is 2.39. The van der Waals surface area contributed by atoms with Crippen LogP contribution < -0.4 is 5.32 Å². The van der Waals surface area contributed by atoms with Crippen molar-refractivity contribution in [1.82, 2.24) is 5.32 Å². The molecule has 1 N–H and O–H groups in total. The zero-order chi connectivity index (χ0) is 14.0. The highest BCUT2D eigenvalue weighted by atomic mass is 16.6. The molecule has 1 aliphatic heterocycles. The van der Waals surface area contributed by atoms with E-state index in [2.05, 4.69) is 5.32 Å². The fourth-order valence-electron chi connectivity index (χ4n) is 2.71. The number of carbonyl (C=O) groups excluding carboxylic acids is 1. The summed E-state index contributed by atoms with van der Waals surface area (Å²) in [5.41, 5.74) is 1.53. The molecule has 2 atom stereocenters. The van der Waals surface area contributed by atoms with E-state index in [1.807, 2.05) is 67.6 Å². The molecule has 1 fully saturated rings. The van der Waals surface area contributed by atoms with Gasteiger partial charge in [-0.05, 0) is 18.1 Å². The highest BCUT2D eigenvalue weighted by molar-refractivity contribution is 5.70. The number of hydrogen-bond acceptors (Lipinski definition) is 2. The van der Waals surface area contributed by atoms with E-state index in [-0.39, 0.29) is 12.1 Å². The number of hydrogen-bond donors (Lipinski definition) is 1. The third-order valence-corrected chi connectivity index (χ3v) is 3.79. The molecule has 3 nitrogen and oxygen atoms in total. The van der Waals surface area contributed by atoms with Crippen LogP contribution in [0.5, 0.6) is 0 Å². The number of ether oxygens (including phenoxy) is 1. The van der Waals surface area contributed by atoms with Crippen LogP contribution in [0.1, 0.15) is 30.5 Å². The van der Waals surface area contributed by atoms with Crippen LogP contribution in [0.4, 0.5) is 4.79 Å². The Labute approximate surface area is 118 Å². The Bertz CT molecular complexity index is 597. The molecule has 1 aliphatic rings. The van der Waals surface area contributed by atoms with Crippen LogP contribution in [0.15, 0.2) is 60.7 Å². The number of rotatable bonds is 2. The summed E-state index contributed by atoms with van der Waals surface area (Å²) in [4.78, 5) is 11.9. The Kier molecular flexibility index (Phi) is 3.18. The molecule has 0 unspecified atom stereocenters. The smallest absolute Gasteiger partial charge is 0.408 e. The van der Waals surface area contributed by atoms with E-state index in [0.29, 0.717) is 6.42 Å². The molecule has 0 aliphatic carbocycles. The van der Waals surface area contributed by atoms with Crippen LogP contribution in [-0.4, -0.2) is 6.09 Å². The van der Waals surface area contributed by atoms with Gasteiger partial charge in [0.2, 0.25) is 0 Å². The first-order valence-electron chi connectivity index (χ1n) is 6.77. The number of amides is 1. The topological polar surface area (TPSA) is 38.3 Å². The summed E-state index contributed by atoms with van der Waals surface area (Å²) >= 11 is 0. The molecule has 3 rings (SSSR count). The first-order valence-corrected chi connectivity index (χ1v) is 6.77. The molecular formula is C17H17NO2. The molecule has 20 heavy (non-hydrogen) atoms. The molecule has 0 saturated carbocycles. The lowest BCUT2D eigenvalue weighted by Gasteiger charge is -2.38. The predicted molar refractivity (Wildman–Crippen MR) is 77.2 cm³/mol. The van der Waals surface area contributed by atoms with Gasteiger partial charge in [-0.25, -0.2) is 4.79 Å². The maximum absolute atomic E-state index is 11.9. The van der Waals surface area contributed by atoms with Crippen LogP contribution in [0.25, 0.3) is 0 Å². The van der Waals surface area contributed by atoms with Gasteiger partial charge in [-0.2, -0.15) is 0 Å². The summed E-state index contributed by atoms with van der Waals surface area (Å²) in [7, 11) is 0. The predicted octanol–water partition coefficient (Wildman–Crippen LogP) is 3.77. The fraction of sp³-hybridized carbons (Fsp3) is 0.235. The van der Waals surface area contributed by atoms with E-state index in [4.69, 9.17) is 4.74 Å².